The number of furan rings is 1. The summed E-state index contributed by atoms with van der Waals surface area (Å²) in [6.45, 7) is 7.52. The van der Waals surface area contributed by atoms with Crippen LogP contribution in [-0.4, -0.2) is 49.5 Å². The lowest BCUT2D eigenvalue weighted by atomic mass is 10.2. The van der Waals surface area contributed by atoms with Crippen molar-refractivity contribution < 1.29 is 18.7 Å². The van der Waals surface area contributed by atoms with E-state index in [1.165, 1.54) is 0 Å². The second kappa shape index (κ2) is 10.8. The molecule has 2 amide bonds. The zero-order valence-electron chi connectivity index (χ0n) is 21.1. The van der Waals surface area contributed by atoms with Crippen molar-refractivity contribution in [1.29, 1.82) is 0 Å². The fraction of sp³-hybridized carbons (Fsp3) is 0.267. The number of nitrogens with one attached hydrogen (secondary N) is 1. The van der Waals surface area contributed by atoms with Crippen LogP contribution in [0.2, 0.25) is 0 Å². The Morgan fingerprint density at radius 3 is 2.30 bits per heavy atom. The van der Waals surface area contributed by atoms with Crippen LogP contribution in [0.25, 0.3) is 11.0 Å². The van der Waals surface area contributed by atoms with Gasteiger partial charge in [-0.25, -0.2) is 0 Å². The highest BCUT2D eigenvalue weighted by Gasteiger charge is 2.24. The Labute approximate surface area is 216 Å². The normalized spacial score (nSPS) is 13.7. The van der Waals surface area contributed by atoms with Crippen LogP contribution in [0.5, 0.6) is 5.75 Å². The molecule has 0 bridgehead atoms. The van der Waals surface area contributed by atoms with Gasteiger partial charge in [0.1, 0.15) is 11.3 Å². The SMILES string of the molecule is CC(C)COc1ccc(C(=O)Nc2ccc(N3CCN(C(=O)c4cc5ccccc5o4)CC3)cc2)cc1. The molecule has 1 N–H and O–H groups in total. The van der Waals surface area contributed by atoms with E-state index in [-0.39, 0.29) is 11.8 Å². The number of ether oxygens (including phenoxy) is 1. The fourth-order valence-electron chi connectivity index (χ4n) is 4.34. The van der Waals surface area contributed by atoms with Gasteiger partial charge in [0.2, 0.25) is 0 Å². The molecule has 1 fully saturated rings. The number of amides is 2. The molecule has 7 heteroatoms. The van der Waals surface area contributed by atoms with Crippen LogP contribution in [0, 0.1) is 5.92 Å². The molecule has 2 heterocycles. The van der Waals surface area contributed by atoms with Gasteiger partial charge in [-0.2, -0.15) is 0 Å². The number of para-hydroxylation sites is 1. The first-order chi connectivity index (χ1) is 18.0. The maximum Gasteiger partial charge on any atom is 0.289 e. The standard InChI is InChI=1S/C30H31N3O4/c1-21(2)20-36-26-13-7-22(8-14-26)29(34)31-24-9-11-25(12-10-24)32-15-17-33(18-16-32)30(35)28-19-23-5-3-4-6-27(23)37-28/h3-14,19,21H,15-18,20H2,1-2H3,(H,31,34). The molecule has 7 nitrogen and oxygen atoms in total. The van der Waals surface area contributed by atoms with Crippen LogP contribution < -0.4 is 15.0 Å². The summed E-state index contributed by atoms with van der Waals surface area (Å²) in [5, 5.41) is 3.88. The van der Waals surface area contributed by atoms with Gasteiger partial charge in [-0.1, -0.05) is 32.0 Å². The lowest BCUT2D eigenvalue weighted by Gasteiger charge is -2.35. The van der Waals surface area contributed by atoms with Crippen LogP contribution in [0.1, 0.15) is 34.8 Å². The molecule has 0 unspecified atom stereocenters. The Morgan fingerprint density at radius 1 is 0.919 bits per heavy atom. The summed E-state index contributed by atoms with van der Waals surface area (Å²) in [7, 11) is 0. The van der Waals surface area contributed by atoms with E-state index < -0.39 is 0 Å². The van der Waals surface area contributed by atoms with Gasteiger partial charge in [-0.15, -0.1) is 0 Å². The van der Waals surface area contributed by atoms with E-state index in [4.69, 9.17) is 9.15 Å². The average Bonchev–Trinajstić information content (AvgIpc) is 3.37. The number of benzene rings is 3. The van der Waals surface area contributed by atoms with E-state index in [0.717, 1.165) is 41.2 Å². The smallest absolute Gasteiger partial charge is 0.289 e. The third kappa shape index (κ3) is 5.77. The van der Waals surface area contributed by atoms with E-state index in [9.17, 15) is 9.59 Å². The summed E-state index contributed by atoms with van der Waals surface area (Å²) >= 11 is 0. The van der Waals surface area contributed by atoms with Crippen molar-refractivity contribution >= 4 is 34.2 Å². The van der Waals surface area contributed by atoms with Crippen molar-refractivity contribution in [2.24, 2.45) is 5.92 Å². The lowest BCUT2D eigenvalue weighted by molar-refractivity contribution is 0.0717. The minimum absolute atomic E-state index is 0.0755. The van der Waals surface area contributed by atoms with Crippen LogP contribution in [-0.2, 0) is 0 Å². The second-order valence-corrected chi connectivity index (χ2v) is 9.66. The van der Waals surface area contributed by atoms with E-state index >= 15 is 0 Å². The number of carbonyl (C=O) groups is 2. The molecule has 0 atom stereocenters. The second-order valence-electron chi connectivity index (χ2n) is 9.66. The van der Waals surface area contributed by atoms with E-state index in [1.54, 1.807) is 12.1 Å². The first-order valence-electron chi connectivity index (χ1n) is 12.6. The van der Waals surface area contributed by atoms with Crippen molar-refractivity contribution in [3.05, 3.63) is 90.2 Å². The quantitative estimate of drug-likeness (QED) is 0.355. The Hall–Kier alpha value is -4.26. The highest BCUT2D eigenvalue weighted by Crippen LogP contribution is 2.23. The Balaban J connectivity index is 1.13. The topological polar surface area (TPSA) is 75.0 Å². The number of fused-ring (bicyclic) bond motifs is 1. The number of hydrogen-bond acceptors (Lipinski definition) is 5. The number of rotatable bonds is 7. The molecule has 1 aromatic heterocycles. The maximum absolute atomic E-state index is 12.9. The van der Waals surface area contributed by atoms with E-state index in [0.29, 0.717) is 36.9 Å². The van der Waals surface area contributed by atoms with Gasteiger partial charge in [0.15, 0.2) is 5.76 Å². The van der Waals surface area contributed by atoms with Gasteiger partial charge < -0.3 is 24.3 Å². The minimum atomic E-state index is -0.166. The summed E-state index contributed by atoms with van der Waals surface area (Å²) in [5.74, 6) is 1.34. The Bertz CT molecular complexity index is 1340. The van der Waals surface area contributed by atoms with Crippen LogP contribution >= 0.6 is 0 Å². The molecule has 1 aliphatic rings. The monoisotopic (exact) mass is 497 g/mol. The zero-order valence-corrected chi connectivity index (χ0v) is 21.1. The summed E-state index contributed by atoms with van der Waals surface area (Å²) in [4.78, 5) is 29.6. The van der Waals surface area contributed by atoms with Crippen molar-refractivity contribution in [3.8, 4) is 5.75 Å². The van der Waals surface area contributed by atoms with Gasteiger partial charge >= 0.3 is 0 Å². The highest BCUT2D eigenvalue weighted by atomic mass is 16.5. The highest BCUT2D eigenvalue weighted by molar-refractivity contribution is 6.04. The number of nitrogens with zero attached hydrogens (tertiary/aromatic N) is 2. The van der Waals surface area contributed by atoms with Gasteiger partial charge in [-0.3, -0.25) is 9.59 Å². The van der Waals surface area contributed by atoms with Gasteiger partial charge in [0.05, 0.1) is 6.61 Å². The molecule has 0 aliphatic carbocycles. The fourth-order valence-corrected chi connectivity index (χ4v) is 4.34. The molecule has 0 spiro atoms. The summed E-state index contributed by atoms with van der Waals surface area (Å²) in [5.41, 5.74) is 3.09. The number of carbonyl (C=O) groups excluding carboxylic acids is 2. The van der Waals surface area contributed by atoms with E-state index in [1.807, 2.05) is 71.6 Å². The van der Waals surface area contributed by atoms with Crippen LogP contribution in [0.4, 0.5) is 11.4 Å². The zero-order chi connectivity index (χ0) is 25.8. The molecule has 0 saturated carbocycles. The third-order valence-electron chi connectivity index (χ3n) is 6.39. The first kappa shape index (κ1) is 24.4. The summed E-state index contributed by atoms with van der Waals surface area (Å²) in [6.07, 6.45) is 0. The number of anilines is 2. The molecule has 4 aromatic rings. The Kier molecular flexibility index (Phi) is 7.12. The van der Waals surface area contributed by atoms with Gasteiger partial charge in [-0.05, 0) is 66.6 Å². The first-order valence-corrected chi connectivity index (χ1v) is 12.6. The molecule has 1 saturated heterocycles. The molecular formula is C30H31N3O4. The third-order valence-corrected chi connectivity index (χ3v) is 6.39. The molecule has 3 aromatic carbocycles. The molecular weight excluding hydrogens is 466 g/mol. The Morgan fingerprint density at radius 2 is 1.62 bits per heavy atom. The summed E-state index contributed by atoms with van der Waals surface area (Å²) in [6, 6.07) is 24.4. The maximum atomic E-state index is 12.9. The molecule has 190 valence electrons. The molecule has 0 radical (unpaired) electrons. The molecule has 37 heavy (non-hydrogen) atoms. The van der Waals surface area contributed by atoms with Crippen molar-refractivity contribution in [2.75, 3.05) is 43.0 Å². The van der Waals surface area contributed by atoms with Crippen LogP contribution in [0.3, 0.4) is 0 Å². The number of hydrogen-bond donors (Lipinski definition) is 1. The van der Waals surface area contributed by atoms with Crippen molar-refractivity contribution in [1.82, 2.24) is 4.90 Å². The molecule has 1 aliphatic heterocycles. The number of piperazine rings is 1. The predicted octanol–water partition coefficient (Wildman–Crippen LogP) is 5.68. The predicted molar refractivity (Wildman–Crippen MR) is 146 cm³/mol. The summed E-state index contributed by atoms with van der Waals surface area (Å²) < 4.78 is 11.4. The minimum Gasteiger partial charge on any atom is -0.493 e. The van der Waals surface area contributed by atoms with Gasteiger partial charge in [0, 0.05) is 48.5 Å². The average molecular weight is 498 g/mol. The largest absolute Gasteiger partial charge is 0.493 e. The van der Waals surface area contributed by atoms with Crippen molar-refractivity contribution in [3.63, 3.8) is 0 Å². The lowest BCUT2D eigenvalue weighted by Crippen LogP contribution is -2.48. The van der Waals surface area contributed by atoms with Crippen LogP contribution in [0.15, 0.2) is 83.3 Å². The van der Waals surface area contributed by atoms with E-state index in [2.05, 4.69) is 24.1 Å². The van der Waals surface area contributed by atoms with Gasteiger partial charge in [0.25, 0.3) is 11.8 Å². The van der Waals surface area contributed by atoms with Crippen molar-refractivity contribution in [2.45, 2.75) is 13.8 Å². The molecule has 5 rings (SSSR count).